The molecule has 0 aromatic heterocycles. The molecule has 0 aliphatic heterocycles. The third kappa shape index (κ3) is 6.33. The highest BCUT2D eigenvalue weighted by atomic mass is 16.3. The maximum Gasteiger partial charge on any atom is 0.315 e. The average Bonchev–Trinajstić information content (AvgIpc) is 2.00. The van der Waals surface area contributed by atoms with Crippen LogP contribution in [0.2, 0.25) is 0 Å². The van der Waals surface area contributed by atoms with Crippen LogP contribution in [-0.4, -0.2) is 28.8 Å². The number of rotatable bonds is 4. The fraction of sp³-hybridized carbons (Fsp3) is 0.909. The Hall–Kier alpha value is -0.770. The van der Waals surface area contributed by atoms with E-state index >= 15 is 0 Å². The van der Waals surface area contributed by atoms with Gasteiger partial charge < -0.3 is 15.7 Å². The Bertz CT molecular complexity index is 211. The van der Waals surface area contributed by atoms with E-state index in [1.165, 1.54) is 0 Å². The smallest absolute Gasteiger partial charge is 0.315 e. The van der Waals surface area contributed by atoms with Gasteiger partial charge in [-0.1, -0.05) is 6.92 Å². The highest BCUT2D eigenvalue weighted by Gasteiger charge is 2.25. The standard InChI is InChI=1S/C11H24N2O2/c1-6-11(5,7-8-14)13-9(15)12-10(2,3)4/h14H,6-8H2,1-5H3,(H2,12,13,15). The van der Waals surface area contributed by atoms with Gasteiger partial charge in [0.25, 0.3) is 0 Å². The van der Waals surface area contributed by atoms with Crippen molar-refractivity contribution in [2.75, 3.05) is 6.61 Å². The molecule has 0 heterocycles. The predicted octanol–water partition coefficient (Wildman–Crippen LogP) is 1.64. The van der Waals surface area contributed by atoms with Crippen molar-refractivity contribution in [1.82, 2.24) is 10.6 Å². The van der Waals surface area contributed by atoms with E-state index < -0.39 is 0 Å². The van der Waals surface area contributed by atoms with Crippen LogP contribution in [0.15, 0.2) is 0 Å². The summed E-state index contributed by atoms with van der Waals surface area (Å²) < 4.78 is 0. The summed E-state index contributed by atoms with van der Waals surface area (Å²) in [6.45, 7) is 9.81. The van der Waals surface area contributed by atoms with Gasteiger partial charge in [-0.2, -0.15) is 0 Å². The SMILES string of the molecule is CCC(C)(CCO)NC(=O)NC(C)(C)C. The zero-order valence-electron chi connectivity index (χ0n) is 10.5. The number of carbonyl (C=O) groups excluding carboxylic acids is 1. The molecule has 15 heavy (non-hydrogen) atoms. The molecule has 1 unspecified atom stereocenters. The summed E-state index contributed by atoms with van der Waals surface area (Å²) in [5.41, 5.74) is -0.567. The van der Waals surface area contributed by atoms with E-state index in [0.717, 1.165) is 6.42 Å². The van der Waals surface area contributed by atoms with Crippen LogP contribution in [0.5, 0.6) is 0 Å². The number of nitrogens with one attached hydrogen (secondary N) is 2. The van der Waals surface area contributed by atoms with Gasteiger partial charge in [0.1, 0.15) is 0 Å². The van der Waals surface area contributed by atoms with Gasteiger partial charge in [0.05, 0.1) is 0 Å². The largest absolute Gasteiger partial charge is 0.396 e. The summed E-state index contributed by atoms with van der Waals surface area (Å²) in [6.07, 6.45) is 1.37. The molecule has 0 saturated heterocycles. The van der Waals surface area contributed by atoms with Crippen LogP contribution in [0.3, 0.4) is 0 Å². The molecular weight excluding hydrogens is 192 g/mol. The third-order valence-electron chi connectivity index (χ3n) is 2.35. The lowest BCUT2D eigenvalue weighted by Gasteiger charge is -2.31. The Kier molecular flexibility index (Phi) is 5.08. The summed E-state index contributed by atoms with van der Waals surface area (Å²) in [5.74, 6) is 0. The molecule has 0 aromatic carbocycles. The summed E-state index contributed by atoms with van der Waals surface area (Å²) >= 11 is 0. The molecule has 0 bridgehead atoms. The maximum absolute atomic E-state index is 11.6. The molecule has 4 nitrogen and oxygen atoms in total. The Balaban J connectivity index is 4.24. The first kappa shape index (κ1) is 14.2. The van der Waals surface area contributed by atoms with Crippen molar-refractivity contribution >= 4 is 6.03 Å². The zero-order chi connectivity index (χ0) is 12.1. The second kappa shape index (κ2) is 5.35. The molecule has 0 rings (SSSR count). The zero-order valence-corrected chi connectivity index (χ0v) is 10.5. The minimum Gasteiger partial charge on any atom is -0.396 e. The van der Waals surface area contributed by atoms with E-state index in [1.807, 2.05) is 34.6 Å². The Morgan fingerprint density at radius 3 is 2.07 bits per heavy atom. The van der Waals surface area contributed by atoms with Crippen molar-refractivity contribution in [3.63, 3.8) is 0 Å². The first-order valence-corrected chi connectivity index (χ1v) is 5.43. The molecule has 0 radical (unpaired) electrons. The molecule has 0 aliphatic carbocycles. The molecular formula is C11H24N2O2. The lowest BCUT2D eigenvalue weighted by atomic mass is 9.95. The fourth-order valence-electron chi connectivity index (χ4n) is 1.22. The normalized spacial score (nSPS) is 15.6. The monoisotopic (exact) mass is 216 g/mol. The minimum absolute atomic E-state index is 0.0835. The van der Waals surface area contributed by atoms with Gasteiger partial charge in [-0.15, -0.1) is 0 Å². The lowest BCUT2D eigenvalue weighted by molar-refractivity contribution is 0.195. The van der Waals surface area contributed by atoms with Gasteiger partial charge >= 0.3 is 6.03 Å². The van der Waals surface area contributed by atoms with Gasteiger partial charge in [0, 0.05) is 17.7 Å². The Morgan fingerprint density at radius 1 is 1.20 bits per heavy atom. The fourth-order valence-corrected chi connectivity index (χ4v) is 1.22. The van der Waals surface area contributed by atoms with E-state index in [1.54, 1.807) is 0 Å². The van der Waals surface area contributed by atoms with E-state index in [9.17, 15) is 4.79 Å². The van der Waals surface area contributed by atoms with Gasteiger partial charge in [-0.25, -0.2) is 4.79 Å². The van der Waals surface area contributed by atoms with Crippen molar-refractivity contribution in [2.24, 2.45) is 0 Å². The summed E-state index contributed by atoms with van der Waals surface area (Å²) in [4.78, 5) is 11.6. The van der Waals surface area contributed by atoms with Gasteiger partial charge in [-0.05, 0) is 40.5 Å². The second-order valence-electron chi connectivity index (χ2n) is 5.22. The van der Waals surface area contributed by atoms with Crippen LogP contribution < -0.4 is 10.6 Å². The van der Waals surface area contributed by atoms with E-state index in [2.05, 4.69) is 10.6 Å². The summed E-state index contributed by atoms with van der Waals surface area (Å²) in [7, 11) is 0. The first-order chi connectivity index (χ1) is 6.72. The molecule has 4 heteroatoms. The van der Waals surface area contributed by atoms with Crippen LogP contribution >= 0.6 is 0 Å². The topological polar surface area (TPSA) is 61.4 Å². The van der Waals surface area contributed by atoms with Crippen molar-refractivity contribution < 1.29 is 9.90 Å². The summed E-state index contributed by atoms with van der Waals surface area (Å²) in [6, 6.07) is -0.180. The van der Waals surface area contributed by atoms with E-state index in [-0.39, 0.29) is 23.7 Å². The van der Waals surface area contributed by atoms with Crippen molar-refractivity contribution in [1.29, 1.82) is 0 Å². The van der Waals surface area contributed by atoms with Crippen molar-refractivity contribution in [3.8, 4) is 0 Å². The minimum atomic E-state index is -0.329. The average molecular weight is 216 g/mol. The highest BCUT2D eigenvalue weighted by Crippen LogP contribution is 2.13. The number of carbonyl (C=O) groups is 1. The number of hydrogen-bond acceptors (Lipinski definition) is 2. The number of hydrogen-bond donors (Lipinski definition) is 3. The summed E-state index contributed by atoms with van der Waals surface area (Å²) in [5, 5.41) is 14.6. The molecule has 0 saturated carbocycles. The molecule has 1 atom stereocenters. The van der Waals surface area contributed by atoms with Gasteiger partial charge in [0.2, 0.25) is 0 Å². The molecule has 0 aromatic rings. The molecule has 2 amide bonds. The van der Waals surface area contributed by atoms with Gasteiger partial charge in [0.15, 0.2) is 0 Å². The third-order valence-corrected chi connectivity index (χ3v) is 2.35. The van der Waals surface area contributed by atoms with Crippen LogP contribution in [0.4, 0.5) is 4.79 Å². The number of amides is 2. The first-order valence-electron chi connectivity index (χ1n) is 5.43. The molecule has 0 aliphatic rings. The van der Waals surface area contributed by atoms with E-state index in [0.29, 0.717) is 6.42 Å². The van der Waals surface area contributed by atoms with Crippen LogP contribution in [0.1, 0.15) is 47.5 Å². The van der Waals surface area contributed by atoms with Crippen LogP contribution in [0, 0.1) is 0 Å². The molecule has 0 fully saturated rings. The maximum atomic E-state index is 11.6. The van der Waals surface area contributed by atoms with Crippen molar-refractivity contribution in [2.45, 2.75) is 58.5 Å². The number of urea groups is 1. The number of aliphatic hydroxyl groups is 1. The Labute approximate surface area is 92.4 Å². The molecule has 3 N–H and O–H groups in total. The lowest BCUT2D eigenvalue weighted by Crippen LogP contribution is -2.54. The van der Waals surface area contributed by atoms with Gasteiger partial charge in [-0.3, -0.25) is 0 Å². The van der Waals surface area contributed by atoms with E-state index in [4.69, 9.17) is 5.11 Å². The van der Waals surface area contributed by atoms with Crippen LogP contribution in [0.25, 0.3) is 0 Å². The number of aliphatic hydroxyl groups excluding tert-OH is 1. The quantitative estimate of drug-likeness (QED) is 0.669. The predicted molar refractivity (Wildman–Crippen MR) is 61.8 cm³/mol. The Morgan fingerprint density at radius 2 is 1.73 bits per heavy atom. The second-order valence-corrected chi connectivity index (χ2v) is 5.22. The highest BCUT2D eigenvalue weighted by molar-refractivity contribution is 5.75. The van der Waals surface area contributed by atoms with Crippen LogP contribution in [-0.2, 0) is 0 Å². The van der Waals surface area contributed by atoms with Crippen molar-refractivity contribution in [3.05, 3.63) is 0 Å². The molecule has 0 spiro atoms. The molecule has 90 valence electrons.